The molecule has 0 aromatic carbocycles. The monoisotopic (exact) mass is 190 g/mol. The number of hydrogen-bond donors (Lipinski definition) is 2. The van der Waals surface area contributed by atoms with Crippen molar-refractivity contribution in [3.05, 3.63) is 0 Å². The highest BCUT2D eigenvalue weighted by atomic mass is 32.2. The first-order valence-electron chi connectivity index (χ1n) is 4.36. The minimum Gasteiger partial charge on any atom is -0.355 e. The molecule has 2 N–H and O–H groups in total. The molecule has 0 aromatic heterocycles. The topological polar surface area (TPSA) is 41.1 Å². The molecule has 0 heterocycles. The van der Waals surface area contributed by atoms with Crippen LogP contribution in [0.2, 0.25) is 0 Å². The smallest absolute Gasteiger partial charge is 0.233 e. The number of hydrogen-bond acceptors (Lipinski definition) is 3. The summed E-state index contributed by atoms with van der Waals surface area (Å²) in [5.74, 6) is 2.30. The van der Waals surface area contributed by atoms with Crippen molar-refractivity contribution >= 4 is 17.7 Å². The second kappa shape index (κ2) is 8.87. The molecule has 1 amide bonds. The van der Waals surface area contributed by atoms with Gasteiger partial charge in [0.15, 0.2) is 0 Å². The highest BCUT2D eigenvalue weighted by Gasteiger charge is 1.96. The normalized spacial score (nSPS) is 9.83. The molecule has 0 spiro atoms. The predicted molar refractivity (Wildman–Crippen MR) is 54.6 cm³/mol. The van der Waals surface area contributed by atoms with Gasteiger partial charge in [0, 0.05) is 18.8 Å². The summed E-state index contributed by atoms with van der Waals surface area (Å²) < 4.78 is 0. The van der Waals surface area contributed by atoms with Crippen molar-refractivity contribution in [2.75, 3.05) is 31.1 Å². The van der Waals surface area contributed by atoms with Crippen LogP contribution in [0.4, 0.5) is 0 Å². The molecule has 0 rings (SSSR count). The van der Waals surface area contributed by atoms with Crippen LogP contribution < -0.4 is 10.6 Å². The van der Waals surface area contributed by atoms with Gasteiger partial charge < -0.3 is 10.6 Å². The third kappa shape index (κ3) is 7.88. The molecule has 0 radical (unpaired) electrons. The summed E-state index contributed by atoms with van der Waals surface area (Å²) in [5.41, 5.74) is 0. The fourth-order valence-electron chi connectivity index (χ4n) is 0.750. The van der Waals surface area contributed by atoms with E-state index in [9.17, 15) is 4.79 Å². The number of likely N-dealkylation sites (N-methyl/N-ethyl adjacent to an activating group) is 1. The first kappa shape index (κ1) is 11.8. The van der Waals surface area contributed by atoms with Gasteiger partial charge in [-0.1, -0.05) is 6.92 Å². The Kier molecular flexibility index (Phi) is 8.71. The summed E-state index contributed by atoms with van der Waals surface area (Å²) >= 11 is 1.88. The average Bonchev–Trinajstić information content (AvgIpc) is 2.05. The van der Waals surface area contributed by atoms with Crippen molar-refractivity contribution in [1.29, 1.82) is 0 Å². The van der Waals surface area contributed by atoms with E-state index in [0.717, 1.165) is 18.1 Å². The summed E-state index contributed by atoms with van der Waals surface area (Å²) in [4.78, 5) is 10.9. The van der Waals surface area contributed by atoms with E-state index >= 15 is 0 Å². The van der Waals surface area contributed by atoms with Crippen molar-refractivity contribution in [3.8, 4) is 0 Å². The number of carbonyl (C=O) groups excluding carboxylic acids is 1. The van der Waals surface area contributed by atoms with Crippen LogP contribution in [0.15, 0.2) is 0 Å². The molecule has 0 fully saturated rings. The van der Waals surface area contributed by atoms with E-state index < -0.39 is 0 Å². The van der Waals surface area contributed by atoms with Crippen LogP contribution in [0.3, 0.4) is 0 Å². The van der Waals surface area contributed by atoms with Crippen molar-refractivity contribution in [2.45, 2.75) is 13.8 Å². The van der Waals surface area contributed by atoms with Crippen LogP contribution in [-0.2, 0) is 4.79 Å². The summed E-state index contributed by atoms with van der Waals surface area (Å²) in [6.07, 6.45) is 0. The van der Waals surface area contributed by atoms with Crippen LogP contribution in [0.1, 0.15) is 13.8 Å². The average molecular weight is 190 g/mol. The Morgan fingerprint density at radius 1 is 1.42 bits per heavy atom. The van der Waals surface area contributed by atoms with Gasteiger partial charge in [0.2, 0.25) is 5.91 Å². The molecule has 0 bridgehead atoms. The zero-order valence-electron chi connectivity index (χ0n) is 7.85. The molecule has 12 heavy (non-hydrogen) atoms. The molecule has 72 valence electrons. The molecule has 4 heteroatoms. The fourth-order valence-corrected chi connectivity index (χ4v) is 1.33. The molecular formula is C8H18N2OS. The highest BCUT2D eigenvalue weighted by Crippen LogP contribution is 1.94. The summed E-state index contributed by atoms with van der Waals surface area (Å²) in [5, 5.41) is 5.80. The molecule has 0 unspecified atom stereocenters. The van der Waals surface area contributed by atoms with Gasteiger partial charge in [0.05, 0.1) is 6.54 Å². The van der Waals surface area contributed by atoms with E-state index in [0.29, 0.717) is 13.1 Å². The molecular weight excluding hydrogens is 172 g/mol. The van der Waals surface area contributed by atoms with Gasteiger partial charge in [-0.25, -0.2) is 0 Å². The third-order valence-electron chi connectivity index (χ3n) is 1.29. The van der Waals surface area contributed by atoms with Gasteiger partial charge in [0.1, 0.15) is 0 Å². The Morgan fingerprint density at radius 2 is 2.17 bits per heavy atom. The predicted octanol–water partition coefficient (Wildman–Crippen LogP) is 0.465. The van der Waals surface area contributed by atoms with Crippen molar-refractivity contribution in [2.24, 2.45) is 0 Å². The van der Waals surface area contributed by atoms with Crippen LogP contribution in [0.5, 0.6) is 0 Å². The quantitative estimate of drug-likeness (QED) is 0.573. The Balaban J connectivity index is 3.03. The highest BCUT2D eigenvalue weighted by molar-refractivity contribution is 7.99. The number of nitrogens with one attached hydrogen (secondary N) is 2. The fraction of sp³-hybridized carbons (Fsp3) is 0.875. The van der Waals surface area contributed by atoms with Crippen LogP contribution in [-0.4, -0.2) is 37.0 Å². The van der Waals surface area contributed by atoms with Crippen LogP contribution in [0, 0.1) is 0 Å². The first-order valence-corrected chi connectivity index (χ1v) is 5.51. The van der Waals surface area contributed by atoms with Gasteiger partial charge in [-0.15, -0.1) is 0 Å². The maximum Gasteiger partial charge on any atom is 0.233 e. The van der Waals surface area contributed by atoms with Gasteiger partial charge in [-0.2, -0.15) is 11.8 Å². The van der Waals surface area contributed by atoms with Gasteiger partial charge >= 0.3 is 0 Å². The lowest BCUT2D eigenvalue weighted by Gasteiger charge is -2.03. The minimum absolute atomic E-state index is 0.0824. The van der Waals surface area contributed by atoms with Crippen molar-refractivity contribution in [1.82, 2.24) is 10.6 Å². The molecule has 0 aliphatic heterocycles. The Bertz CT molecular complexity index is 120. The second-order valence-corrected chi connectivity index (χ2v) is 3.72. The van der Waals surface area contributed by atoms with E-state index in [2.05, 4.69) is 17.6 Å². The zero-order valence-corrected chi connectivity index (χ0v) is 8.67. The first-order chi connectivity index (χ1) is 5.81. The standard InChI is InChI=1S/C8H18N2OS/c1-3-10-8(11)7-9-5-6-12-4-2/h9H,3-7H2,1-2H3,(H,10,11). The van der Waals surface area contributed by atoms with Gasteiger partial charge in [-0.3, -0.25) is 4.79 Å². The van der Waals surface area contributed by atoms with E-state index in [4.69, 9.17) is 0 Å². The molecule has 0 aliphatic carbocycles. The number of rotatable bonds is 7. The van der Waals surface area contributed by atoms with Gasteiger partial charge in [0.25, 0.3) is 0 Å². The molecule has 0 aliphatic rings. The lowest BCUT2D eigenvalue weighted by molar-refractivity contribution is -0.120. The van der Waals surface area contributed by atoms with Gasteiger partial charge in [-0.05, 0) is 12.7 Å². The van der Waals surface area contributed by atoms with E-state index in [1.807, 2.05) is 18.7 Å². The molecule has 0 atom stereocenters. The van der Waals surface area contributed by atoms with Crippen molar-refractivity contribution < 1.29 is 4.79 Å². The minimum atomic E-state index is 0.0824. The third-order valence-corrected chi connectivity index (χ3v) is 2.19. The molecule has 3 nitrogen and oxygen atoms in total. The number of carbonyl (C=O) groups is 1. The zero-order chi connectivity index (χ0) is 9.23. The summed E-state index contributed by atoms with van der Waals surface area (Å²) in [6, 6.07) is 0. The van der Waals surface area contributed by atoms with Crippen LogP contribution >= 0.6 is 11.8 Å². The summed E-state index contributed by atoms with van der Waals surface area (Å²) in [7, 11) is 0. The maximum atomic E-state index is 10.9. The Morgan fingerprint density at radius 3 is 2.75 bits per heavy atom. The SMILES string of the molecule is CCNC(=O)CNCCSCC. The Labute approximate surface area is 78.7 Å². The lowest BCUT2D eigenvalue weighted by atomic mass is 10.5. The Hall–Kier alpha value is -0.220. The van der Waals surface area contributed by atoms with Crippen LogP contribution in [0.25, 0.3) is 0 Å². The molecule has 0 saturated heterocycles. The van der Waals surface area contributed by atoms with E-state index in [1.165, 1.54) is 0 Å². The molecule has 0 saturated carbocycles. The van der Waals surface area contributed by atoms with E-state index in [1.54, 1.807) is 0 Å². The second-order valence-electron chi connectivity index (χ2n) is 2.33. The number of thioether (sulfide) groups is 1. The van der Waals surface area contributed by atoms with E-state index in [-0.39, 0.29) is 5.91 Å². The lowest BCUT2D eigenvalue weighted by Crippen LogP contribution is -2.34. The number of amides is 1. The van der Waals surface area contributed by atoms with Crippen molar-refractivity contribution in [3.63, 3.8) is 0 Å². The largest absolute Gasteiger partial charge is 0.355 e. The maximum absolute atomic E-state index is 10.9. The molecule has 0 aromatic rings. The summed E-state index contributed by atoms with van der Waals surface area (Å²) in [6.45, 7) is 6.12.